The van der Waals surface area contributed by atoms with E-state index < -0.39 is 0 Å². The Morgan fingerprint density at radius 1 is 0.867 bits per heavy atom. The lowest BCUT2D eigenvalue weighted by molar-refractivity contribution is 1.78. The van der Waals surface area contributed by atoms with Gasteiger partial charge in [-0.15, -0.1) is 22.7 Å². The van der Waals surface area contributed by atoms with Crippen molar-refractivity contribution in [2.75, 3.05) is 0 Å². The van der Waals surface area contributed by atoms with Gasteiger partial charge < -0.3 is 0 Å². The minimum absolute atomic E-state index is 0.869. The van der Waals surface area contributed by atoms with Gasteiger partial charge in [0.2, 0.25) is 0 Å². The molecule has 0 unspecified atom stereocenters. The zero-order chi connectivity index (χ0) is 10.3. The van der Waals surface area contributed by atoms with Crippen molar-refractivity contribution in [1.82, 2.24) is 0 Å². The summed E-state index contributed by atoms with van der Waals surface area (Å²) in [4.78, 5) is 0. The van der Waals surface area contributed by atoms with Gasteiger partial charge in [0.25, 0.3) is 0 Å². The number of hydrogen-bond acceptors (Lipinski definition) is 2. The van der Waals surface area contributed by atoms with Gasteiger partial charge in [-0.1, -0.05) is 23.7 Å². The summed E-state index contributed by atoms with van der Waals surface area (Å²) in [5.41, 5.74) is 2.38. The molecule has 2 heterocycles. The fourth-order valence-corrected chi connectivity index (χ4v) is 3.48. The fraction of sp³-hybridized carbons (Fsp3) is 0. The molecular formula is C12H7ClS2. The van der Waals surface area contributed by atoms with Gasteiger partial charge >= 0.3 is 0 Å². The zero-order valence-electron chi connectivity index (χ0n) is 7.74. The molecule has 0 atom stereocenters. The lowest BCUT2D eigenvalue weighted by Crippen LogP contribution is -1.74. The average Bonchev–Trinajstić information content (AvgIpc) is 2.85. The molecule has 0 aliphatic rings. The molecule has 0 nitrogen and oxygen atoms in total. The second kappa shape index (κ2) is 3.63. The zero-order valence-corrected chi connectivity index (χ0v) is 10.1. The van der Waals surface area contributed by atoms with Crippen molar-refractivity contribution in [1.29, 1.82) is 0 Å². The predicted molar refractivity (Wildman–Crippen MR) is 70.1 cm³/mol. The highest BCUT2D eigenvalue weighted by Gasteiger charge is 2.08. The average molecular weight is 251 g/mol. The minimum Gasteiger partial charge on any atom is -0.144 e. The molecule has 3 heteroatoms. The van der Waals surface area contributed by atoms with Gasteiger partial charge in [0.1, 0.15) is 4.34 Å². The van der Waals surface area contributed by atoms with Crippen LogP contribution >= 0.6 is 34.3 Å². The van der Waals surface area contributed by atoms with Crippen LogP contribution in [0.4, 0.5) is 0 Å². The lowest BCUT2D eigenvalue weighted by atomic mass is 10.1. The van der Waals surface area contributed by atoms with E-state index in [9.17, 15) is 0 Å². The summed E-state index contributed by atoms with van der Waals surface area (Å²) in [7, 11) is 0. The van der Waals surface area contributed by atoms with E-state index in [1.54, 1.807) is 22.7 Å². The van der Waals surface area contributed by atoms with Crippen molar-refractivity contribution in [3.63, 3.8) is 0 Å². The van der Waals surface area contributed by atoms with Crippen LogP contribution in [-0.2, 0) is 0 Å². The molecule has 2 aromatic heterocycles. The first-order chi connectivity index (χ1) is 7.36. The Balaban J connectivity index is 2.36. The summed E-state index contributed by atoms with van der Waals surface area (Å²) < 4.78 is 2.18. The summed E-state index contributed by atoms with van der Waals surface area (Å²) in [6.45, 7) is 0. The Labute approximate surface area is 101 Å². The van der Waals surface area contributed by atoms with Crippen LogP contribution in [-0.4, -0.2) is 0 Å². The van der Waals surface area contributed by atoms with Gasteiger partial charge in [0.05, 0.1) is 0 Å². The largest absolute Gasteiger partial charge is 0.144 e. The maximum atomic E-state index is 6.16. The Hall–Kier alpha value is -0.830. The van der Waals surface area contributed by atoms with Crippen LogP contribution in [0.25, 0.3) is 21.2 Å². The molecule has 0 bridgehead atoms. The van der Waals surface area contributed by atoms with E-state index in [2.05, 4.69) is 35.7 Å². The number of hydrogen-bond donors (Lipinski definition) is 0. The van der Waals surface area contributed by atoms with Gasteiger partial charge in [-0.3, -0.25) is 0 Å². The normalized spacial score (nSPS) is 11.0. The number of thiophene rings is 2. The highest BCUT2D eigenvalue weighted by molar-refractivity contribution is 7.17. The van der Waals surface area contributed by atoms with Crippen LogP contribution in [0.2, 0.25) is 4.34 Å². The Kier molecular flexibility index (Phi) is 2.28. The first-order valence-electron chi connectivity index (χ1n) is 4.56. The van der Waals surface area contributed by atoms with Crippen molar-refractivity contribution < 1.29 is 0 Å². The van der Waals surface area contributed by atoms with Crippen LogP contribution in [0.3, 0.4) is 0 Å². The molecule has 0 radical (unpaired) electrons. The quantitative estimate of drug-likeness (QED) is 0.551. The Morgan fingerprint density at radius 3 is 2.53 bits per heavy atom. The third-order valence-electron chi connectivity index (χ3n) is 2.40. The summed E-state index contributed by atoms with van der Waals surface area (Å²) >= 11 is 9.51. The third-order valence-corrected chi connectivity index (χ3v) is 4.46. The molecule has 0 saturated carbocycles. The maximum absolute atomic E-state index is 6.16. The molecule has 0 N–H and O–H groups in total. The number of fused-ring (bicyclic) bond motifs is 1. The van der Waals surface area contributed by atoms with E-state index in [0.29, 0.717) is 0 Å². The summed E-state index contributed by atoms with van der Waals surface area (Å²) in [6, 6.07) is 10.6. The first-order valence-corrected chi connectivity index (χ1v) is 6.69. The summed E-state index contributed by atoms with van der Waals surface area (Å²) in [6.07, 6.45) is 0. The predicted octanol–water partition coefficient (Wildman–Crippen LogP) is 5.28. The molecule has 0 fully saturated rings. The van der Waals surface area contributed by atoms with E-state index in [1.165, 1.54) is 15.6 Å². The first kappa shape index (κ1) is 9.40. The van der Waals surface area contributed by atoms with Crippen molar-refractivity contribution in [3.8, 4) is 11.1 Å². The van der Waals surface area contributed by atoms with Gasteiger partial charge in [-0.25, -0.2) is 0 Å². The van der Waals surface area contributed by atoms with E-state index >= 15 is 0 Å². The van der Waals surface area contributed by atoms with Crippen LogP contribution in [0.5, 0.6) is 0 Å². The molecule has 0 aliphatic carbocycles. The van der Waals surface area contributed by atoms with Gasteiger partial charge in [-0.2, -0.15) is 0 Å². The Bertz CT molecular complexity index is 607. The van der Waals surface area contributed by atoms with Crippen molar-refractivity contribution in [2.24, 2.45) is 0 Å². The second-order valence-corrected chi connectivity index (χ2v) is 5.71. The minimum atomic E-state index is 0.869. The fourth-order valence-electron chi connectivity index (χ4n) is 1.72. The topological polar surface area (TPSA) is 0 Å². The van der Waals surface area contributed by atoms with E-state index in [4.69, 9.17) is 11.6 Å². The lowest BCUT2D eigenvalue weighted by Gasteiger charge is -2.01. The molecular weight excluding hydrogens is 244 g/mol. The molecule has 0 aliphatic heterocycles. The summed E-state index contributed by atoms with van der Waals surface area (Å²) in [5.74, 6) is 0. The summed E-state index contributed by atoms with van der Waals surface area (Å²) in [5, 5.41) is 5.44. The van der Waals surface area contributed by atoms with Crippen LogP contribution in [0.15, 0.2) is 41.1 Å². The molecule has 0 saturated heterocycles. The molecule has 0 amide bonds. The monoisotopic (exact) mass is 250 g/mol. The highest BCUT2D eigenvalue weighted by atomic mass is 35.5. The van der Waals surface area contributed by atoms with Crippen molar-refractivity contribution >= 4 is 44.4 Å². The molecule has 0 spiro atoms. The highest BCUT2D eigenvalue weighted by Crippen LogP contribution is 2.37. The van der Waals surface area contributed by atoms with Gasteiger partial charge in [0, 0.05) is 15.6 Å². The van der Waals surface area contributed by atoms with Gasteiger partial charge in [0.15, 0.2) is 0 Å². The van der Waals surface area contributed by atoms with E-state index in [1.807, 2.05) is 5.38 Å². The molecule has 15 heavy (non-hydrogen) atoms. The third kappa shape index (κ3) is 1.49. The molecule has 3 aromatic rings. The van der Waals surface area contributed by atoms with Crippen molar-refractivity contribution in [2.45, 2.75) is 0 Å². The van der Waals surface area contributed by atoms with Crippen LogP contribution < -0.4 is 0 Å². The van der Waals surface area contributed by atoms with E-state index in [-0.39, 0.29) is 0 Å². The maximum Gasteiger partial charge on any atom is 0.101 e. The molecule has 74 valence electrons. The van der Waals surface area contributed by atoms with E-state index in [0.717, 1.165) is 9.90 Å². The number of rotatable bonds is 1. The van der Waals surface area contributed by atoms with Crippen molar-refractivity contribution in [3.05, 3.63) is 45.4 Å². The smallest absolute Gasteiger partial charge is 0.101 e. The molecule has 1 aromatic carbocycles. The number of benzene rings is 1. The number of halogens is 1. The second-order valence-electron chi connectivity index (χ2n) is 3.25. The van der Waals surface area contributed by atoms with Crippen LogP contribution in [0.1, 0.15) is 0 Å². The van der Waals surface area contributed by atoms with Gasteiger partial charge in [-0.05, 0) is 34.5 Å². The molecule has 3 rings (SSSR count). The Morgan fingerprint density at radius 2 is 1.73 bits per heavy atom. The SMILES string of the molecule is Clc1sccc1-c1cccc2sccc12. The van der Waals surface area contributed by atoms with Crippen LogP contribution in [0, 0.1) is 0 Å². The standard InChI is InChI=1S/C12H7ClS2/c13-12-10(5-7-15-12)8-2-1-3-11-9(8)4-6-14-11/h1-7H.